The molecule has 556 valence electrons. The van der Waals surface area contributed by atoms with Gasteiger partial charge in [0.1, 0.15) is 23.2 Å². The summed E-state index contributed by atoms with van der Waals surface area (Å²) in [6, 6.07) is 67.7. The van der Waals surface area contributed by atoms with Crippen LogP contribution in [0.15, 0.2) is 182 Å². The van der Waals surface area contributed by atoms with Gasteiger partial charge in [-0.2, -0.15) is 0 Å². The van der Waals surface area contributed by atoms with Crippen molar-refractivity contribution in [3.63, 3.8) is 0 Å². The van der Waals surface area contributed by atoms with Crippen LogP contribution in [0.1, 0.15) is 224 Å². The van der Waals surface area contributed by atoms with E-state index in [4.69, 9.17) is 0 Å². The number of hydrogen-bond donors (Lipinski definition) is 5. The average Bonchev–Trinajstić information content (AvgIpc) is 0.769. The van der Waals surface area contributed by atoms with Gasteiger partial charge in [0, 0.05) is 65.3 Å². The molecule has 0 aliphatic heterocycles. The van der Waals surface area contributed by atoms with E-state index >= 15 is 0 Å². The minimum atomic E-state index is -1.77. The molecule has 16 heteroatoms. The van der Waals surface area contributed by atoms with Gasteiger partial charge in [0.2, 0.25) is 29.5 Å². The molecule has 0 spiro atoms. The van der Waals surface area contributed by atoms with Crippen molar-refractivity contribution in [1.29, 1.82) is 0 Å². The molecule has 6 aromatic carbocycles. The lowest BCUT2D eigenvalue weighted by Gasteiger charge is -2.28. The van der Waals surface area contributed by atoms with Crippen molar-refractivity contribution >= 4 is 70.6 Å². The quantitative estimate of drug-likeness (QED) is 0.0107. The lowest BCUT2D eigenvalue weighted by molar-refractivity contribution is -0.166. The lowest BCUT2D eigenvalue weighted by atomic mass is 10.1. The zero-order valence-corrected chi connectivity index (χ0v) is 63.8. The van der Waals surface area contributed by atoms with E-state index in [-0.39, 0.29) is 57.1 Å². The standard InChI is InChI=1S/C86H124N6O8P2/c1-76(93)90(98)70-44-24-39-65-87-83(94)61-63-85(96)91(99)71-45-25-40-66-88-84(95)62-64-86(97)92(100)72-46-26-43-69-89(68-42-15-11-7-3-5-9-13-17-48-74-102(80-55-33-21-34-56-80,81-57-35-22-36-58-81)82-59-37-23-38-60-82)67-41-14-10-6-2-4-8-12-16-47-73-101(78-51-29-19-30-52-78,79-53-31-20-32-54-79)75-77-49-27-18-28-50-77/h18-23,27-38,49-60,98-100H,2-17,24-26,39-48,61-75H2,1H3/p+2. The summed E-state index contributed by atoms with van der Waals surface area (Å²) in [6.45, 7) is 5.92. The van der Waals surface area contributed by atoms with E-state index < -0.39 is 32.2 Å². The number of rotatable bonds is 57. The molecule has 6 aromatic rings. The second kappa shape index (κ2) is 51.5. The van der Waals surface area contributed by atoms with Crippen molar-refractivity contribution in [3.05, 3.63) is 188 Å². The SMILES string of the molecule is CC(=O)N(O)CCCCCNC(=O)CCC(=O)N(O)CCCCCNC(=O)CCC(=O)N(O)CCCCCN(CCCCCCCCCCCC[P+](Cc1ccccc1)(c1ccccc1)c1ccccc1)CCCCCCCCCCCC[P+](c1ccccc1)(c1ccccc1)c1ccccc1. The van der Waals surface area contributed by atoms with Gasteiger partial charge in [0.25, 0.3) is 0 Å². The van der Waals surface area contributed by atoms with Gasteiger partial charge < -0.3 is 15.5 Å². The monoisotopic (exact) mass is 1430 g/mol. The Bertz CT molecular complexity index is 3040. The van der Waals surface area contributed by atoms with Gasteiger partial charge in [-0.3, -0.25) is 39.6 Å². The molecule has 0 heterocycles. The molecule has 5 amide bonds. The van der Waals surface area contributed by atoms with E-state index in [0.29, 0.717) is 68.2 Å². The molecule has 0 radical (unpaired) electrons. The fourth-order valence-corrected chi connectivity index (χ4v) is 22.9. The van der Waals surface area contributed by atoms with Crippen molar-refractivity contribution in [3.8, 4) is 0 Å². The van der Waals surface area contributed by atoms with Crippen molar-refractivity contribution in [2.75, 3.05) is 64.7 Å². The molecule has 0 aliphatic carbocycles. The first-order chi connectivity index (χ1) is 49.9. The Balaban J connectivity index is 0.837. The number of nitrogens with one attached hydrogen (secondary N) is 2. The van der Waals surface area contributed by atoms with E-state index in [1.54, 1.807) is 0 Å². The fraction of sp³-hybridized carbons (Fsp3) is 0.523. The van der Waals surface area contributed by atoms with Gasteiger partial charge in [-0.1, -0.05) is 218 Å². The highest BCUT2D eigenvalue weighted by Crippen LogP contribution is 2.60. The molecule has 0 unspecified atom stereocenters. The van der Waals surface area contributed by atoms with E-state index in [9.17, 15) is 39.6 Å². The second-order valence-electron chi connectivity index (χ2n) is 28.0. The number of carbonyl (C=O) groups excluding carboxylic acids is 5. The zero-order chi connectivity index (χ0) is 72.4. The van der Waals surface area contributed by atoms with Gasteiger partial charge in [0.05, 0.1) is 36.4 Å². The van der Waals surface area contributed by atoms with Gasteiger partial charge in [-0.05, 0) is 176 Å². The maximum atomic E-state index is 12.8. The summed E-state index contributed by atoms with van der Waals surface area (Å²) in [4.78, 5) is 63.6. The van der Waals surface area contributed by atoms with Gasteiger partial charge in [0.15, 0.2) is 0 Å². The Labute approximate surface area is 614 Å². The third kappa shape index (κ3) is 32.6. The Morgan fingerprint density at radius 2 is 0.578 bits per heavy atom. The highest BCUT2D eigenvalue weighted by atomic mass is 31.2. The third-order valence-corrected chi connectivity index (χ3v) is 29.1. The Kier molecular flexibility index (Phi) is 42.6. The smallest absolute Gasteiger partial charge is 0.246 e. The van der Waals surface area contributed by atoms with Gasteiger partial charge >= 0.3 is 0 Å². The maximum absolute atomic E-state index is 12.8. The average molecular weight is 1430 g/mol. The number of hydrogen-bond acceptors (Lipinski definition) is 9. The van der Waals surface area contributed by atoms with Crippen LogP contribution in [0.2, 0.25) is 0 Å². The largest absolute Gasteiger partial charge is 0.356 e. The van der Waals surface area contributed by atoms with E-state index in [1.165, 1.54) is 180 Å². The topological polar surface area (TPSA) is 183 Å². The number of unbranched alkanes of at least 4 members (excludes halogenated alkanes) is 24. The summed E-state index contributed by atoms with van der Waals surface area (Å²) in [6.07, 6.45) is 35.3. The highest BCUT2D eigenvalue weighted by Gasteiger charge is 2.45. The van der Waals surface area contributed by atoms with E-state index in [0.717, 1.165) is 43.7 Å². The molecule has 14 nitrogen and oxygen atoms in total. The third-order valence-electron chi connectivity index (χ3n) is 20.0. The molecule has 0 saturated heterocycles. The van der Waals surface area contributed by atoms with Crippen LogP contribution < -0.4 is 37.2 Å². The first-order valence-corrected chi connectivity index (χ1v) is 43.3. The Morgan fingerprint density at radius 1 is 0.304 bits per heavy atom. The van der Waals surface area contributed by atoms with Crippen LogP contribution in [-0.4, -0.2) is 130 Å². The summed E-state index contributed by atoms with van der Waals surface area (Å²) in [7, 11) is -3.41. The fourth-order valence-electron chi connectivity index (χ4n) is 14.1. The maximum Gasteiger partial charge on any atom is 0.246 e. The molecule has 0 atom stereocenters. The predicted molar refractivity (Wildman–Crippen MR) is 425 cm³/mol. The molecule has 0 fully saturated rings. The van der Waals surface area contributed by atoms with Crippen LogP contribution in [0.5, 0.6) is 0 Å². The number of hydroxylamine groups is 6. The molecule has 0 bridgehead atoms. The van der Waals surface area contributed by atoms with Crippen molar-refractivity contribution in [2.45, 2.75) is 225 Å². The van der Waals surface area contributed by atoms with Gasteiger partial charge in [-0.15, -0.1) is 0 Å². The summed E-state index contributed by atoms with van der Waals surface area (Å²) in [5, 5.41) is 45.3. The van der Waals surface area contributed by atoms with Crippen LogP contribution in [0.25, 0.3) is 0 Å². The number of benzene rings is 6. The highest BCUT2D eigenvalue weighted by molar-refractivity contribution is 7.95. The Hall–Kier alpha value is -6.63. The van der Waals surface area contributed by atoms with Crippen molar-refractivity contribution < 1.29 is 39.6 Å². The summed E-state index contributed by atoms with van der Waals surface area (Å²) in [5.41, 5.74) is 1.43. The molecular formula is C86H126N6O8P2+2. The molecule has 0 aliphatic rings. The molecule has 6 rings (SSSR count). The van der Waals surface area contributed by atoms with Crippen LogP contribution in [0.4, 0.5) is 0 Å². The normalized spacial score (nSPS) is 11.6. The van der Waals surface area contributed by atoms with Crippen LogP contribution in [0.3, 0.4) is 0 Å². The Morgan fingerprint density at radius 3 is 0.931 bits per heavy atom. The van der Waals surface area contributed by atoms with E-state index in [2.05, 4.69) is 198 Å². The minimum Gasteiger partial charge on any atom is -0.356 e. The van der Waals surface area contributed by atoms with Crippen molar-refractivity contribution in [2.24, 2.45) is 0 Å². The molecule has 0 saturated carbocycles. The van der Waals surface area contributed by atoms with Crippen LogP contribution >= 0.6 is 14.5 Å². The molecular weight excluding hydrogens is 1310 g/mol. The molecule has 102 heavy (non-hydrogen) atoms. The first kappa shape index (κ1) is 84.3. The zero-order valence-electron chi connectivity index (χ0n) is 62.0. The predicted octanol–water partition coefficient (Wildman–Crippen LogP) is 16.9. The second-order valence-corrected chi connectivity index (χ2v) is 35.4. The lowest BCUT2D eigenvalue weighted by Crippen LogP contribution is -2.33. The number of nitrogens with zero attached hydrogens (tertiary/aromatic N) is 4. The molecule has 0 aromatic heterocycles. The first-order valence-electron chi connectivity index (χ1n) is 39.2. The number of amides is 5. The molecule has 5 N–H and O–H groups in total. The summed E-state index contributed by atoms with van der Waals surface area (Å²) in [5.74, 6) is -1.98. The van der Waals surface area contributed by atoms with Crippen LogP contribution in [-0.2, 0) is 30.1 Å². The van der Waals surface area contributed by atoms with Gasteiger partial charge in [-0.25, -0.2) is 15.2 Å². The van der Waals surface area contributed by atoms with Crippen LogP contribution in [0, 0.1) is 0 Å². The minimum absolute atomic E-state index is 0.0205. The summed E-state index contributed by atoms with van der Waals surface area (Å²) < 4.78 is 0. The van der Waals surface area contributed by atoms with E-state index in [1.807, 2.05) is 0 Å². The van der Waals surface area contributed by atoms with Crippen molar-refractivity contribution in [1.82, 2.24) is 30.7 Å². The number of carbonyl (C=O) groups is 5. The summed E-state index contributed by atoms with van der Waals surface area (Å²) >= 11 is 0.